The van der Waals surface area contributed by atoms with Gasteiger partial charge in [0.15, 0.2) is 9.84 Å². The van der Waals surface area contributed by atoms with Crippen molar-refractivity contribution in [3.8, 4) is 0 Å². The minimum Gasteiger partial charge on any atom is -0.394 e. The van der Waals surface area contributed by atoms with Crippen LogP contribution in [-0.2, 0) is 25.1 Å². The van der Waals surface area contributed by atoms with Crippen molar-refractivity contribution < 1.29 is 23.0 Å². The number of ether oxygens (including phenoxy) is 2. The zero-order chi connectivity index (χ0) is 14.1. The van der Waals surface area contributed by atoms with Crippen molar-refractivity contribution in [2.75, 3.05) is 25.2 Å². The lowest BCUT2D eigenvalue weighted by atomic mass is 10.1. The molecule has 1 N–H and O–H groups in total. The number of hydrogen-bond acceptors (Lipinski definition) is 5. The van der Waals surface area contributed by atoms with E-state index in [2.05, 4.69) is 0 Å². The quantitative estimate of drug-likeness (QED) is 0.896. The molecule has 2 atom stereocenters. The first-order valence-corrected chi connectivity index (χ1v) is 8.15. The second-order valence-electron chi connectivity index (χ2n) is 4.56. The van der Waals surface area contributed by atoms with Crippen molar-refractivity contribution in [2.45, 2.75) is 11.9 Å². The second kappa shape index (κ2) is 5.38. The number of benzene rings is 1. The molecule has 0 aliphatic carbocycles. The van der Waals surface area contributed by atoms with Gasteiger partial charge in [-0.25, -0.2) is 8.42 Å². The Kier molecular flexibility index (Phi) is 4.17. The van der Waals surface area contributed by atoms with Gasteiger partial charge >= 0.3 is 0 Å². The van der Waals surface area contributed by atoms with Crippen LogP contribution >= 0.6 is 11.6 Å². The van der Waals surface area contributed by atoms with Crippen LogP contribution in [-0.4, -0.2) is 44.9 Å². The smallest absolute Gasteiger partial charge is 0.209 e. The Morgan fingerprint density at radius 3 is 2.53 bits per heavy atom. The van der Waals surface area contributed by atoms with Crippen LogP contribution in [0.5, 0.6) is 0 Å². The van der Waals surface area contributed by atoms with E-state index in [4.69, 9.17) is 26.2 Å². The monoisotopic (exact) mass is 306 g/mol. The lowest BCUT2D eigenvalue weighted by Crippen LogP contribution is -2.36. The van der Waals surface area contributed by atoms with Crippen LogP contribution in [0, 0.1) is 0 Å². The average Bonchev–Trinajstić information content (AvgIpc) is 2.72. The lowest BCUT2D eigenvalue weighted by molar-refractivity contribution is -0.162. The van der Waals surface area contributed by atoms with E-state index in [9.17, 15) is 8.42 Å². The summed E-state index contributed by atoms with van der Waals surface area (Å²) in [5.74, 6) is -1.68. The zero-order valence-corrected chi connectivity index (χ0v) is 11.9. The van der Waals surface area contributed by atoms with Gasteiger partial charge in [-0.1, -0.05) is 23.7 Å². The summed E-state index contributed by atoms with van der Waals surface area (Å²) in [6.45, 7) is -0.0756. The third kappa shape index (κ3) is 3.46. The van der Waals surface area contributed by atoms with E-state index in [1.54, 1.807) is 24.3 Å². The Hall–Kier alpha value is -0.660. The molecule has 1 aromatic carbocycles. The molecular weight excluding hydrogens is 292 g/mol. The maximum Gasteiger partial charge on any atom is 0.209 e. The van der Waals surface area contributed by atoms with E-state index in [-0.39, 0.29) is 19.0 Å². The molecule has 1 fully saturated rings. The van der Waals surface area contributed by atoms with Crippen LogP contribution in [0.4, 0.5) is 0 Å². The van der Waals surface area contributed by atoms with Crippen LogP contribution in [0.25, 0.3) is 0 Å². The first-order valence-electron chi connectivity index (χ1n) is 5.71. The Bertz CT molecular complexity index is 542. The van der Waals surface area contributed by atoms with E-state index in [1.807, 2.05) is 0 Å². The van der Waals surface area contributed by atoms with Crippen LogP contribution in [0.2, 0.25) is 5.02 Å². The largest absolute Gasteiger partial charge is 0.394 e. The van der Waals surface area contributed by atoms with Gasteiger partial charge in [-0.15, -0.1) is 0 Å². The van der Waals surface area contributed by atoms with Crippen LogP contribution in [0.1, 0.15) is 5.56 Å². The Balaban J connectivity index is 2.37. The standard InChI is InChI=1S/C12H15ClO5S/c1-19(15,16)8-12(17-7-11(6-14)18-12)9-2-4-10(13)5-3-9/h2-5,11,14H,6-8H2,1H3. The molecule has 1 aliphatic heterocycles. The van der Waals surface area contributed by atoms with Gasteiger partial charge in [0.1, 0.15) is 11.9 Å². The summed E-state index contributed by atoms with van der Waals surface area (Å²) in [6.07, 6.45) is 0.585. The molecule has 0 radical (unpaired) electrons. The maximum absolute atomic E-state index is 11.6. The van der Waals surface area contributed by atoms with Crippen molar-refractivity contribution in [2.24, 2.45) is 0 Å². The van der Waals surface area contributed by atoms with Crippen molar-refractivity contribution in [3.63, 3.8) is 0 Å². The first-order chi connectivity index (χ1) is 8.85. The Morgan fingerprint density at radius 1 is 1.42 bits per heavy atom. The summed E-state index contributed by atoms with van der Waals surface area (Å²) in [5, 5.41) is 9.65. The third-order valence-corrected chi connectivity index (χ3v) is 3.96. The summed E-state index contributed by atoms with van der Waals surface area (Å²) in [6, 6.07) is 6.60. The molecule has 0 aromatic heterocycles. The molecule has 106 valence electrons. The van der Waals surface area contributed by atoms with Crippen LogP contribution in [0.3, 0.4) is 0 Å². The Morgan fingerprint density at radius 2 is 2.05 bits per heavy atom. The van der Waals surface area contributed by atoms with Gasteiger partial charge in [-0.3, -0.25) is 0 Å². The first kappa shape index (κ1) is 14.7. The number of halogens is 1. The number of hydrogen-bond donors (Lipinski definition) is 1. The van der Waals surface area contributed by atoms with E-state index in [1.165, 1.54) is 0 Å². The number of aliphatic hydroxyl groups is 1. The summed E-state index contributed by atoms with van der Waals surface area (Å²) in [4.78, 5) is 0. The van der Waals surface area contributed by atoms with Crippen molar-refractivity contribution in [1.29, 1.82) is 0 Å². The van der Waals surface area contributed by atoms with Gasteiger partial charge in [0, 0.05) is 16.8 Å². The van der Waals surface area contributed by atoms with Crippen molar-refractivity contribution in [3.05, 3.63) is 34.9 Å². The summed E-state index contributed by atoms with van der Waals surface area (Å²) in [7, 11) is -3.32. The molecule has 7 heteroatoms. The molecule has 5 nitrogen and oxygen atoms in total. The highest BCUT2D eigenvalue weighted by Crippen LogP contribution is 2.36. The van der Waals surface area contributed by atoms with Gasteiger partial charge in [-0.2, -0.15) is 0 Å². The molecule has 1 saturated heterocycles. The van der Waals surface area contributed by atoms with Crippen LogP contribution in [0.15, 0.2) is 24.3 Å². The maximum atomic E-state index is 11.6. The molecule has 1 aliphatic rings. The van der Waals surface area contributed by atoms with Gasteiger partial charge in [-0.05, 0) is 12.1 Å². The van der Waals surface area contributed by atoms with Crippen molar-refractivity contribution in [1.82, 2.24) is 0 Å². The molecule has 0 spiro atoms. The fourth-order valence-corrected chi connectivity index (χ4v) is 3.15. The van der Waals surface area contributed by atoms with E-state index in [0.717, 1.165) is 6.26 Å². The van der Waals surface area contributed by atoms with E-state index in [0.29, 0.717) is 10.6 Å². The second-order valence-corrected chi connectivity index (χ2v) is 7.14. The highest BCUT2D eigenvalue weighted by Gasteiger charge is 2.45. The summed E-state index contributed by atoms with van der Waals surface area (Å²) < 4.78 is 34.3. The highest BCUT2D eigenvalue weighted by molar-refractivity contribution is 7.90. The topological polar surface area (TPSA) is 72.8 Å². The molecule has 0 bridgehead atoms. The average molecular weight is 307 g/mol. The van der Waals surface area contributed by atoms with Gasteiger partial charge in [0.2, 0.25) is 5.79 Å². The summed E-state index contributed by atoms with van der Waals surface area (Å²) in [5.41, 5.74) is 0.568. The lowest BCUT2D eigenvalue weighted by Gasteiger charge is -2.27. The molecule has 2 rings (SSSR count). The minimum atomic E-state index is -3.32. The van der Waals surface area contributed by atoms with E-state index >= 15 is 0 Å². The predicted octanol–water partition coefficient (Wildman–Crippen LogP) is 0.945. The fraction of sp³-hybridized carbons (Fsp3) is 0.500. The highest BCUT2D eigenvalue weighted by atomic mass is 35.5. The molecule has 1 aromatic rings. The molecule has 1 heterocycles. The predicted molar refractivity (Wildman–Crippen MR) is 70.8 cm³/mol. The number of rotatable bonds is 4. The van der Waals surface area contributed by atoms with Gasteiger partial charge in [0.25, 0.3) is 0 Å². The Labute approximate surface area is 117 Å². The van der Waals surface area contributed by atoms with Crippen molar-refractivity contribution >= 4 is 21.4 Å². The SMILES string of the molecule is CS(=O)(=O)CC1(c2ccc(Cl)cc2)OCC(CO)O1. The fourth-order valence-electron chi connectivity index (χ4n) is 2.01. The van der Waals surface area contributed by atoms with Crippen LogP contribution < -0.4 is 0 Å². The third-order valence-electron chi connectivity index (χ3n) is 2.80. The number of aliphatic hydroxyl groups excluding tert-OH is 1. The minimum absolute atomic E-state index is 0.147. The van der Waals surface area contributed by atoms with Gasteiger partial charge < -0.3 is 14.6 Å². The molecular formula is C12H15ClO5S. The van der Waals surface area contributed by atoms with E-state index < -0.39 is 21.7 Å². The number of sulfone groups is 1. The normalized spacial score (nSPS) is 27.6. The summed E-state index contributed by atoms with van der Waals surface area (Å²) >= 11 is 5.81. The molecule has 2 unspecified atom stereocenters. The molecule has 0 saturated carbocycles. The molecule has 19 heavy (non-hydrogen) atoms. The zero-order valence-electron chi connectivity index (χ0n) is 10.4. The molecule has 0 amide bonds. The van der Waals surface area contributed by atoms with Gasteiger partial charge in [0.05, 0.1) is 13.2 Å².